The summed E-state index contributed by atoms with van der Waals surface area (Å²) in [7, 11) is -0.752. The van der Waals surface area contributed by atoms with Gasteiger partial charge in [-0.1, -0.05) is 283 Å². The lowest BCUT2D eigenvalue weighted by Gasteiger charge is -2.12. The Labute approximate surface area is 513 Å². The molecule has 408 valence electrons. The molecule has 2 heteroatoms. The average molecular weight is 1130 g/mol. The van der Waals surface area contributed by atoms with Crippen molar-refractivity contribution in [2.24, 2.45) is 0 Å². The summed E-state index contributed by atoms with van der Waals surface area (Å²) in [5.41, 5.74) is 23.6. The van der Waals surface area contributed by atoms with Crippen LogP contribution < -0.4 is 10.4 Å². The minimum Gasteiger partial charge on any atom is -0.309 e. The van der Waals surface area contributed by atoms with E-state index in [2.05, 4.69) is 326 Å². The van der Waals surface area contributed by atoms with Gasteiger partial charge in [-0.2, -0.15) is 0 Å². The fraction of sp³-hybridized carbons (Fsp3) is 0. The molecule has 88 heavy (non-hydrogen) atoms. The maximum atomic E-state index is 2.51. The third-order valence-electron chi connectivity index (χ3n) is 19.0. The molecule has 16 aromatic carbocycles. The minimum absolute atomic E-state index is 0.752. The molecule has 17 aromatic rings. The highest BCUT2D eigenvalue weighted by molar-refractivity contribution is 6.73. The average Bonchev–Trinajstić information content (AvgIpc) is 1.78. The van der Waals surface area contributed by atoms with Crippen LogP contribution in [0.25, 0.3) is 170 Å². The molecule has 1 nitrogen and oxygen atoms in total. The van der Waals surface area contributed by atoms with E-state index in [9.17, 15) is 0 Å². The molecule has 0 fully saturated rings. The third-order valence-corrected chi connectivity index (χ3v) is 21.0. The maximum Gasteiger partial charge on any atom is 0.0892 e. The van der Waals surface area contributed by atoms with Crippen molar-refractivity contribution in [3.63, 3.8) is 0 Å². The van der Waals surface area contributed by atoms with Gasteiger partial charge in [-0.05, 0) is 191 Å². The van der Waals surface area contributed by atoms with Crippen molar-refractivity contribution in [2.45, 2.75) is 0 Å². The minimum atomic E-state index is -0.752. The fourth-order valence-electron chi connectivity index (χ4n) is 14.6. The van der Waals surface area contributed by atoms with Gasteiger partial charge in [0.25, 0.3) is 0 Å². The lowest BCUT2D eigenvalue weighted by Crippen LogP contribution is -2.21. The Hall–Kier alpha value is -11.2. The zero-order valence-corrected chi connectivity index (χ0v) is 49.7. The second-order valence-corrected chi connectivity index (χ2v) is 25.8. The normalized spacial score (nSPS) is 12.3. The van der Waals surface area contributed by atoms with Crippen LogP contribution in [-0.4, -0.2) is 14.1 Å². The molecule has 0 N–H and O–H groups in total. The topological polar surface area (TPSA) is 4.93 Å². The first kappa shape index (κ1) is 50.2. The van der Waals surface area contributed by atoms with Gasteiger partial charge in [0.15, 0.2) is 0 Å². The van der Waals surface area contributed by atoms with Crippen molar-refractivity contribution < 1.29 is 0 Å². The number of aromatic nitrogens is 1. The van der Waals surface area contributed by atoms with Gasteiger partial charge in [-0.25, -0.2) is 0 Å². The van der Waals surface area contributed by atoms with Crippen molar-refractivity contribution in [1.29, 1.82) is 0 Å². The second-order valence-electron chi connectivity index (χ2n) is 23.9. The molecule has 0 saturated heterocycles. The molecule has 0 amide bonds. The van der Waals surface area contributed by atoms with Crippen LogP contribution in [0.4, 0.5) is 0 Å². The van der Waals surface area contributed by atoms with Crippen molar-refractivity contribution in [1.82, 2.24) is 4.57 Å². The Bertz CT molecular complexity index is 5410. The van der Waals surface area contributed by atoms with Crippen molar-refractivity contribution >= 4 is 95.6 Å². The second kappa shape index (κ2) is 20.2. The molecule has 0 radical (unpaired) electrons. The van der Waals surface area contributed by atoms with E-state index in [1.54, 1.807) is 0 Å². The van der Waals surface area contributed by atoms with Crippen LogP contribution in [-0.2, 0) is 0 Å². The highest BCUT2D eigenvalue weighted by atomic mass is 28.2. The molecule has 0 unspecified atom stereocenters. The Morgan fingerprint density at radius 3 is 1.05 bits per heavy atom. The van der Waals surface area contributed by atoms with E-state index in [0.717, 1.165) is 0 Å². The van der Waals surface area contributed by atoms with Gasteiger partial charge in [0.2, 0.25) is 0 Å². The molecule has 1 aliphatic rings. The molecule has 1 aliphatic heterocycles. The molecule has 0 aliphatic carbocycles. The van der Waals surface area contributed by atoms with Crippen molar-refractivity contribution in [2.75, 3.05) is 0 Å². The number of rotatable bonds is 8. The summed E-state index contributed by atoms with van der Waals surface area (Å²) in [6.45, 7) is 0. The summed E-state index contributed by atoms with van der Waals surface area (Å²) in [6, 6.07) is 120. The predicted molar refractivity (Wildman–Crippen MR) is 380 cm³/mol. The van der Waals surface area contributed by atoms with Crippen LogP contribution in [0.2, 0.25) is 0 Å². The van der Waals surface area contributed by atoms with Gasteiger partial charge in [0, 0.05) is 16.5 Å². The van der Waals surface area contributed by atoms with Crippen LogP contribution >= 0.6 is 0 Å². The van der Waals surface area contributed by atoms with Gasteiger partial charge >= 0.3 is 0 Å². The largest absolute Gasteiger partial charge is 0.309 e. The standard InChI is InChI=1S/C86H55NSi/c1-4-16-69-60(12-1)15-11-23-70(69)67-40-44-77-78-45-43-68(53-86(78)88-85(77)52-67)87-83-46-41-63(58-28-24-54(25-29-58)56-32-36-61(37-33-56)79-50-65-13-2-5-17-71(65)73-19-7-9-21-75(73)79)48-81(83)82-49-64(42-47-84(82)87)59-30-26-55(27-31-59)57-34-38-62(39-35-57)80-51-66-14-3-6-18-72(66)74-20-8-10-22-76(74)80/h1-53H,88H2. The van der Waals surface area contributed by atoms with Crippen LogP contribution in [0.5, 0.6) is 0 Å². The van der Waals surface area contributed by atoms with Crippen LogP contribution in [0.3, 0.4) is 0 Å². The molecule has 0 atom stereocenters. The van der Waals surface area contributed by atoms with E-state index in [4.69, 9.17) is 0 Å². The molecule has 2 heterocycles. The molecule has 0 saturated carbocycles. The van der Waals surface area contributed by atoms with E-state index < -0.39 is 9.52 Å². The Morgan fingerprint density at radius 2 is 0.545 bits per heavy atom. The smallest absolute Gasteiger partial charge is 0.0892 e. The summed E-state index contributed by atoms with van der Waals surface area (Å²) in [6.07, 6.45) is 0. The predicted octanol–water partition coefficient (Wildman–Crippen LogP) is 21.3. The van der Waals surface area contributed by atoms with Crippen LogP contribution in [0.1, 0.15) is 0 Å². The first-order valence-electron chi connectivity index (χ1n) is 30.7. The maximum absolute atomic E-state index is 2.51. The van der Waals surface area contributed by atoms with E-state index in [1.807, 2.05) is 0 Å². The van der Waals surface area contributed by atoms with Gasteiger partial charge in [-0.15, -0.1) is 0 Å². The van der Waals surface area contributed by atoms with Crippen molar-refractivity contribution in [3.8, 4) is 94.7 Å². The van der Waals surface area contributed by atoms with E-state index in [0.29, 0.717) is 0 Å². The monoisotopic (exact) mass is 1130 g/mol. The van der Waals surface area contributed by atoms with E-state index in [1.165, 1.54) is 181 Å². The number of hydrogen-bond donors (Lipinski definition) is 0. The first-order chi connectivity index (χ1) is 43.6. The molecule has 0 spiro atoms. The zero-order valence-electron chi connectivity index (χ0n) is 48.3. The number of fused-ring (bicyclic) bond motifs is 13. The summed E-state index contributed by atoms with van der Waals surface area (Å²) in [4.78, 5) is 0. The number of benzene rings is 16. The fourth-order valence-corrected chi connectivity index (χ4v) is 16.7. The van der Waals surface area contributed by atoms with E-state index >= 15 is 0 Å². The van der Waals surface area contributed by atoms with Crippen molar-refractivity contribution in [3.05, 3.63) is 322 Å². The Morgan fingerprint density at radius 1 is 0.182 bits per heavy atom. The lowest BCUT2D eigenvalue weighted by molar-refractivity contribution is 1.18. The highest BCUT2D eigenvalue weighted by Crippen LogP contribution is 2.42. The molecule has 1 aromatic heterocycles. The first-order valence-corrected chi connectivity index (χ1v) is 32.1. The highest BCUT2D eigenvalue weighted by Gasteiger charge is 2.23. The van der Waals surface area contributed by atoms with Gasteiger partial charge < -0.3 is 4.57 Å². The summed E-state index contributed by atoms with van der Waals surface area (Å²) < 4.78 is 2.51. The summed E-state index contributed by atoms with van der Waals surface area (Å²) in [5, 5.41) is 18.3. The number of hydrogen-bond acceptors (Lipinski definition) is 0. The lowest BCUT2D eigenvalue weighted by atomic mass is 9.92. The van der Waals surface area contributed by atoms with Gasteiger partial charge in [0.1, 0.15) is 0 Å². The SMILES string of the molecule is c1ccc2c(-c3ccc4c(c3)[SiH2]c3cc(-n5c6ccc(-c7ccc(-c8ccc(-c9cc%10ccccc%10c%10ccccc9%10)cc8)cc7)cc6c6cc(-c7ccc(-c8ccc(-c9cc%10ccccc%10c%10ccccc9%10)cc8)cc7)ccc65)ccc3-4)cccc2c1. The molecular formula is C86H55NSi. The quantitative estimate of drug-likeness (QED) is 0.106. The third kappa shape index (κ3) is 8.29. The summed E-state index contributed by atoms with van der Waals surface area (Å²) in [5.74, 6) is 0. The van der Waals surface area contributed by atoms with Gasteiger partial charge in [-0.3, -0.25) is 0 Å². The van der Waals surface area contributed by atoms with Crippen LogP contribution in [0, 0.1) is 0 Å². The molecule has 18 rings (SSSR count). The number of nitrogens with zero attached hydrogens (tertiary/aromatic N) is 1. The van der Waals surface area contributed by atoms with Crippen LogP contribution in [0.15, 0.2) is 322 Å². The Kier molecular flexibility index (Phi) is 11.5. The summed E-state index contributed by atoms with van der Waals surface area (Å²) >= 11 is 0. The Balaban J connectivity index is 0.690. The van der Waals surface area contributed by atoms with E-state index in [-0.39, 0.29) is 0 Å². The molecular weight excluding hydrogens is 1080 g/mol. The van der Waals surface area contributed by atoms with Gasteiger partial charge in [0.05, 0.1) is 20.6 Å². The zero-order chi connectivity index (χ0) is 57.8. The molecule has 0 bridgehead atoms.